The third kappa shape index (κ3) is 2.21. The van der Waals surface area contributed by atoms with Crippen LogP contribution >= 0.6 is 0 Å². The SMILES string of the molecule is CNc1cc(C(C)C(=O)O)cc(C)c1O. The van der Waals surface area contributed by atoms with Gasteiger partial charge in [0.15, 0.2) is 0 Å². The number of hydrogen-bond donors (Lipinski definition) is 3. The van der Waals surface area contributed by atoms with Gasteiger partial charge in [-0.3, -0.25) is 4.79 Å². The van der Waals surface area contributed by atoms with Crippen LogP contribution in [0.5, 0.6) is 5.75 Å². The number of nitrogens with one attached hydrogen (secondary N) is 1. The zero-order valence-corrected chi connectivity index (χ0v) is 9.03. The van der Waals surface area contributed by atoms with Gasteiger partial charge in [0.05, 0.1) is 11.6 Å². The molecule has 0 aromatic heterocycles. The van der Waals surface area contributed by atoms with E-state index in [2.05, 4.69) is 5.32 Å². The number of anilines is 1. The maximum Gasteiger partial charge on any atom is 0.310 e. The number of aromatic hydroxyl groups is 1. The van der Waals surface area contributed by atoms with Crippen LogP contribution in [-0.4, -0.2) is 23.2 Å². The third-order valence-electron chi connectivity index (χ3n) is 2.46. The van der Waals surface area contributed by atoms with Crippen molar-refractivity contribution in [2.75, 3.05) is 12.4 Å². The fraction of sp³-hybridized carbons (Fsp3) is 0.364. The first kappa shape index (κ1) is 11.4. The first-order valence-corrected chi connectivity index (χ1v) is 4.71. The van der Waals surface area contributed by atoms with Crippen molar-refractivity contribution in [3.05, 3.63) is 23.3 Å². The Hall–Kier alpha value is -1.71. The van der Waals surface area contributed by atoms with Crippen molar-refractivity contribution in [1.82, 2.24) is 0 Å². The molecule has 0 bridgehead atoms. The summed E-state index contributed by atoms with van der Waals surface area (Å²) in [6, 6.07) is 3.34. The van der Waals surface area contributed by atoms with Crippen LogP contribution < -0.4 is 5.32 Å². The van der Waals surface area contributed by atoms with Gasteiger partial charge in [-0.25, -0.2) is 0 Å². The molecule has 0 fully saturated rings. The molecule has 1 atom stereocenters. The van der Waals surface area contributed by atoms with Crippen LogP contribution in [0.25, 0.3) is 0 Å². The van der Waals surface area contributed by atoms with E-state index < -0.39 is 11.9 Å². The van der Waals surface area contributed by atoms with E-state index in [-0.39, 0.29) is 5.75 Å². The van der Waals surface area contributed by atoms with Crippen LogP contribution in [0.3, 0.4) is 0 Å². The minimum Gasteiger partial charge on any atom is -0.506 e. The zero-order valence-electron chi connectivity index (χ0n) is 9.03. The second-order valence-electron chi connectivity index (χ2n) is 3.54. The molecule has 0 saturated carbocycles. The van der Waals surface area contributed by atoms with E-state index in [4.69, 9.17) is 5.11 Å². The number of carboxylic acid groups (broad SMARTS) is 1. The molecule has 0 spiro atoms. The average molecular weight is 209 g/mol. The number of carbonyl (C=O) groups is 1. The van der Waals surface area contributed by atoms with Crippen LogP contribution in [0.4, 0.5) is 5.69 Å². The number of aliphatic carboxylic acids is 1. The summed E-state index contributed by atoms with van der Waals surface area (Å²) in [7, 11) is 1.68. The van der Waals surface area contributed by atoms with Crippen LogP contribution in [0, 0.1) is 6.92 Å². The maximum absolute atomic E-state index is 10.8. The topological polar surface area (TPSA) is 69.6 Å². The predicted octanol–water partition coefficient (Wildman–Crippen LogP) is 1.93. The molecule has 0 amide bonds. The Bertz CT molecular complexity index is 388. The van der Waals surface area contributed by atoms with Gasteiger partial charge in [0, 0.05) is 7.05 Å². The van der Waals surface area contributed by atoms with E-state index in [1.807, 2.05) is 0 Å². The second-order valence-corrected chi connectivity index (χ2v) is 3.54. The molecule has 1 rings (SSSR count). The molecule has 4 nitrogen and oxygen atoms in total. The molecule has 1 aromatic carbocycles. The Morgan fingerprint density at radius 1 is 1.47 bits per heavy atom. The van der Waals surface area contributed by atoms with Gasteiger partial charge in [0.2, 0.25) is 0 Å². The van der Waals surface area contributed by atoms with Crippen LogP contribution in [0.15, 0.2) is 12.1 Å². The van der Waals surface area contributed by atoms with Crippen molar-refractivity contribution >= 4 is 11.7 Å². The highest BCUT2D eigenvalue weighted by Crippen LogP contribution is 2.31. The Morgan fingerprint density at radius 2 is 2.07 bits per heavy atom. The molecule has 0 radical (unpaired) electrons. The van der Waals surface area contributed by atoms with Crippen molar-refractivity contribution in [3.63, 3.8) is 0 Å². The smallest absolute Gasteiger partial charge is 0.310 e. The highest BCUT2D eigenvalue weighted by molar-refractivity contribution is 5.77. The first-order valence-electron chi connectivity index (χ1n) is 4.71. The quantitative estimate of drug-likeness (QED) is 0.665. The number of aryl methyl sites for hydroxylation is 1. The number of rotatable bonds is 3. The lowest BCUT2D eigenvalue weighted by Gasteiger charge is -2.12. The molecule has 3 N–H and O–H groups in total. The fourth-order valence-corrected chi connectivity index (χ4v) is 1.39. The fourth-order valence-electron chi connectivity index (χ4n) is 1.39. The number of phenolic OH excluding ortho intramolecular Hbond substituents is 1. The first-order chi connectivity index (χ1) is 6.97. The van der Waals surface area contributed by atoms with E-state index in [1.54, 1.807) is 33.0 Å². The lowest BCUT2D eigenvalue weighted by atomic mass is 9.98. The van der Waals surface area contributed by atoms with Gasteiger partial charge in [-0.2, -0.15) is 0 Å². The van der Waals surface area contributed by atoms with Crippen molar-refractivity contribution in [2.24, 2.45) is 0 Å². The lowest BCUT2D eigenvalue weighted by Crippen LogP contribution is -2.08. The second kappa shape index (κ2) is 4.21. The summed E-state index contributed by atoms with van der Waals surface area (Å²) in [6.45, 7) is 3.36. The van der Waals surface area contributed by atoms with E-state index in [9.17, 15) is 9.90 Å². The number of phenols is 1. The predicted molar refractivity (Wildman–Crippen MR) is 58.4 cm³/mol. The Balaban J connectivity index is 3.22. The Kier molecular flexibility index (Phi) is 3.19. The summed E-state index contributed by atoms with van der Waals surface area (Å²) in [5, 5.41) is 21.3. The molecule has 15 heavy (non-hydrogen) atoms. The monoisotopic (exact) mass is 209 g/mol. The maximum atomic E-state index is 10.8. The number of benzene rings is 1. The Labute approximate surface area is 88.6 Å². The van der Waals surface area contributed by atoms with Crippen molar-refractivity contribution in [2.45, 2.75) is 19.8 Å². The van der Waals surface area contributed by atoms with E-state index in [1.165, 1.54) is 0 Å². The largest absolute Gasteiger partial charge is 0.506 e. The highest BCUT2D eigenvalue weighted by Gasteiger charge is 2.16. The van der Waals surface area contributed by atoms with Crippen molar-refractivity contribution in [3.8, 4) is 5.75 Å². The zero-order chi connectivity index (χ0) is 11.6. The van der Waals surface area contributed by atoms with Gasteiger partial charge in [-0.1, -0.05) is 6.07 Å². The molecule has 0 aliphatic carbocycles. The normalized spacial score (nSPS) is 12.2. The highest BCUT2D eigenvalue weighted by atomic mass is 16.4. The van der Waals surface area contributed by atoms with Crippen LogP contribution in [0.1, 0.15) is 24.0 Å². The minimum absolute atomic E-state index is 0.166. The van der Waals surface area contributed by atoms with Gasteiger partial charge in [0.25, 0.3) is 0 Å². The Morgan fingerprint density at radius 3 is 2.53 bits per heavy atom. The summed E-state index contributed by atoms with van der Waals surface area (Å²) in [5.41, 5.74) is 1.91. The molecule has 0 aliphatic rings. The van der Waals surface area contributed by atoms with Gasteiger partial charge in [-0.15, -0.1) is 0 Å². The molecule has 0 aliphatic heterocycles. The van der Waals surface area contributed by atoms with Crippen molar-refractivity contribution in [1.29, 1.82) is 0 Å². The van der Waals surface area contributed by atoms with E-state index in [0.717, 1.165) is 0 Å². The summed E-state index contributed by atoms with van der Waals surface area (Å²) in [4.78, 5) is 10.8. The molecule has 4 heteroatoms. The third-order valence-corrected chi connectivity index (χ3v) is 2.46. The van der Waals surface area contributed by atoms with Crippen LogP contribution in [-0.2, 0) is 4.79 Å². The summed E-state index contributed by atoms with van der Waals surface area (Å²) in [6.07, 6.45) is 0. The molecule has 1 unspecified atom stereocenters. The van der Waals surface area contributed by atoms with Gasteiger partial charge in [0.1, 0.15) is 5.75 Å². The molecule has 0 heterocycles. The minimum atomic E-state index is -0.873. The standard InChI is InChI=1S/C11H15NO3/c1-6-4-8(7(2)11(14)15)5-9(12-3)10(6)13/h4-5,7,12-13H,1-3H3,(H,14,15). The number of carboxylic acids is 1. The average Bonchev–Trinajstić information content (AvgIpc) is 2.20. The molecule has 0 saturated heterocycles. The lowest BCUT2D eigenvalue weighted by molar-refractivity contribution is -0.138. The van der Waals surface area contributed by atoms with Gasteiger partial charge in [-0.05, 0) is 31.0 Å². The molecular weight excluding hydrogens is 194 g/mol. The molecule has 1 aromatic rings. The van der Waals surface area contributed by atoms with Gasteiger partial charge < -0.3 is 15.5 Å². The molecule has 82 valence electrons. The van der Waals surface area contributed by atoms with E-state index >= 15 is 0 Å². The van der Waals surface area contributed by atoms with Crippen LogP contribution in [0.2, 0.25) is 0 Å². The summed E-state index contributed by atoms with van der Waals surface area (Å²) in [5.74, 6) is -1.28. The van der Waals surface area contributed by atoms with E-state index in [0.29, 0.717) is 16.8 Å². The van der Waals surface area contributed by atoms with Gasteiger partial charge >= 0.3 is 5.97 Å². The summed E-state index contributed by atoms with van der Waals surface area (Å²) < 4.78 is 0. The molecular formula is C11H15NO3. The number of hydrogen-bond acceptors (Lipinski definition) is 3. The summed E-state index contributed by atoms with van der Waals surface area (Å²) >= 11 is 0. The van der Waals surface area contributed by atoms with Crippen molar-refractivity contribution < 1.29 is 15.0 Å².